The van der Waals surface area contributed by atoms with E-state index in [1.54, 1.807) is 0 Å². The van der Waals surface area contributed by atoms with Gasteiger partial charge in [0.05, 0.1) is 0 Å². The predicted molar refractivity (Wildman–Crippen MR) is 52.1 cm³/mol. The molecule has 1 rings (SSSR count). The van der Waals surface area contributed by atoms with Gasteiger partial charge in [-0.25, -0.2) is 4.79 Å². The Bertz CT molecular complexity index is 312. The summed E-state index contributed by atoms with van der Waals surface area (Å²) in [5.74, 6) is 0. The summed E-state index contributed by atoms with van der Waals surface area (Å²) >= 11 is 0. The maximum Gasteiger partial charge on any atom is 0.404 e. The van der Waals surface area contributed by atoms with Gasteiger partial charge in [-0.3, -0.25) is 0 Å². The topological polar surface area (TPSA) is 69.6 Å². The molecular weight excluding hydrogens is 182 g/mol. The number of carbonyl (C=O) groups is 1. The normalized spacial score (nSPS) is 9.79. The van der Waals surface area contributed by atoms with Crippen molar-refractivity contribution in [1.29, 1.82) is 0 Å². The third-order valence-corrected chi connectivity index (χ3v) is 1.93. The monoisotopic (exact) mass is 195 g/mol. The van der Waals surface area contributed by atoms with Crippen molar-refractivity contribution in [1.82, 2.24) is 5.32 Å². The first-order valence-corrected chi connectivity index (χ1v) is 4.38. The first-order chi connectivity index (χ1) is 6.74. The van der Waals surface area contributed by atoms with Crippen LogP contribution >= 0.6 is 0 Å². The molecule has 0 aliphatic heterocycles. The van der Waals surface area contributed by atoms with Gasteiger partial charge in [0.15, 0.2) is 0 Å². The second-order valence-corrected chi connectivity index (χ2v) is 2.90. The molecule has 0 aliphatic carbocycles. The molecule has 0 saturated carbocycles. The number of carboxylic acid groups (broad SMARTS) is 1. The van der Waals surface area contributed by atoms with E-state index in [9.17, 15) is 4.79 Å². The van der Waals surface area contributed by atoms with Gasteiger partial charge in [0.1, 0.15) is 0 Å². The molecule has 0 spiro atoms. The van der Waals surface area contributed by atoms with Gasteiger partial charge in [0.25, 0.3) is 0 Å². The Morgan fingerprint density at radius 1 is 1.29 bits per heavy atom. The molecule has 1 aromatic carbocycles. The molecule has 4 nitrogen and oxygen atoms in total. The molecule has 1 amide bonds. The zero-order chi connectivity index (χ0) is 10.4. The lowest BCUT2D eigenvalue weighted by molar-refractivity contribution is 0.194. The average molecular weight is 195 g/mol. The summed E-state index contributed by atoms with van der Waals surface area (Å²) in [5.41, 5.74) is 1.88. The van der Waals surface area contributed by atoms with Crippen LogP contribution in [0.3, 0.4) is 0 Å². The van der Waals surface area contributed by atoms with E-state index in [4.69, 9.17) is 10.2 Å². The lowest BCUT2D eigenvalue weighted by atomic mass is 10.1. The molecule has 14 heavy (non-hydrogen) atoms. The van der Waals surface area contributed by atoms with E-state index in [0.29, 0.717) is 6.42 Å². The summed E-state index contributed by atoms with van der Waals surface area (Å²) in [5, 5.41) is 19.5. The van der Waals surface area contributed by atoms with Crippen molar-refractivity contribution in [2.24, 2.45) is 0 Å². The minimum atomic E-state index is -1.04. The minimum Gasteiger partial charge on any atom is -0.465 e. The van der Waals surface area contributed by atoms with Crippen LogP contribution < -0.4 is 5.32 Å². The van der Waals surface area contributed by atoms with Crippen LogP contribution in [-0.2, 0) is 13.0 Å². The Hall–Kier alpha value is -1.55. The number of benzene rings is 1. The number of amides is 1. The molecule has 0 aromatic heterocycles. The Balaban J connectivity index is 2.68. The molecule has 0 radical (unpaired) electrons. The van der Waals surface area contributed by atoms with Gasteiger partial charge in [-0.1, -0.05) is 24.3 Å². The molecule has 76 valence electrons. The quantitative estimate of drug-likeness (QED) is 0.671. The van der Waals surface area contributed by atoms with E-state index in [0.717, 1.165) is 11.1 Å². The summed E-state index contributed by atoms with van der Waals surface area (Å²) in [7, 11) is 0. The van der Waals surface area contributed by atoms with Crippen molar-refractivity contribution in [2.75, 3.05) is 6.61 Å². The van der Waals surface area contributed by atoms with Gasteiger partial charge >= 0.3 is 6.09 Å². The van der Waals surface area contributed by atoms with E-state index in [1.807, 2.05) is 24.3 Å². The molecule has 4 heteroatoms. The summed E-state index contributed by atoms with van der Waals surface area (Å²) in [6, 6.07) is 7.45. The number of hydrogen-bond acceptors (Lipinski definition) is 2. The van der Waals surface area contributed by atoms with Crippen LogP contribution in [0.4, 0.5) is 4.79 Å². The highest BCUT2D eigenvalue weighted by Gasteiger charge is 2.02. The van der Waals surface area contributed by atoms with Crippen molar-refractivity contribution in [2.45, 2.75) is 13.0 Å². The first-order valence-electron chi connectivity index (χ1n) is 4.38. The van der Waals surface area contributed by atoms with Crippen LogP contribution in [0, 0.1) is 0 Å². The number of rotatable bonds is 4. The third kappa shape index (κ3) is 3.06. The average Bonchev–Trinajstić information content (AvgIpc) is 2.17. The van der Waals surface area contributed by atoms with Gasteiger partial charge < -0.3 is 15.5 Å². The number of aliphatic hydroxyl groups excluding tert-OH is 1. The van der Waals surface area contributed by atoms with Gasteiger partial charge in [0, 0.05) is 13.2 Å². The largest absolute Gasteiger partial charge is 0.465 e. The second-order valence-electron chi connectivity index (χ2n) is 2.90. The van der Waals surface area contributed by atoms with Gasteiger partial charge in [-0.15, -0.1) is 0 Å². The predicted octanol–water partition coefficient (Wildman–Crippen LogP) is 0.989. The second kappa shape index (κ2) is 5.24. The number of hydrogen-bond donors (Lipinski definition) is 3. The fourth-order valence-electron chi connectivity index (χ4n) is 1.27. The molecule has 0 atom stereocenters. The highest BCUT2D eigenvalue weighted by Crippen LogP contribution is 2.08. The lowest BCUT2D eigenvalue weighted by Crippen LogP contribution is -2.20. The molecule has 0 fully saturated rings. The van der Waals surface area contributed by atoms with E-state index in [2.05, 4.69) is 5.32 Å². The van der Waals surface area contributed by atoms with Crippen molar-refractivity contribution in [3.8, 4) is 0 Å². The molecule has 0 bridgehead atoms. The van der Waals surface area contributed by atoms with Gasteiger partial charge in [-0.05, 0) is 17.5 Å². The Kier molecular flexibility index (Phi) is 3.94. The smallest absolute Gasteiger partial charge is 0.404 e. The molecule has 0 heterocycles. The van der Waals surface area contributed by atoms with Gasteiger partial charge in [-0.2, -0.15) is 0 Å². The van der Waals surface area contributed by atoms with Gasteiger partial charge in [0.2, 0.25) is 0 Å². The maximum atomic E-state index is 10.3. The molecular formula is C10H13NO3. The van der Waals surface area contributed by atoms with Crippen molar-refractivity contribution in [3.63, 3.8) is 0 Å². The van der Waals surface area contributed by atoms with Crippen LogP contribution in [-0.4, -0.2) is 22.9 Å². The third-order valence-electron chi connectivity index (χ3n) is 1.93. The summed E-state index contributed by atoms with van der Waals surface area (Å²) < 4.78 is 0. The van der Waals surface area contributed by atoms with E-state index in [-0.39, 0.29) is 13.2 Å². The molecule has 0 saturated heterocycles. The standard InChI is InChI=1S/C10H13NO3/c12-6-5-8-3-1-2-4-9(8)7-11-10(13)14/h1-4,11-12H,5-7H2,(H,13,14). The van der Waals surface area contributed by atoms with E-state index >= 15 is 0 Å². The van der Waals surface area contributed by atoms with E-state index < -0.39 is 6.09 Å². The van der Waals surface area contributed by atoms with E-state index in [1.165, 1.54) is 0 Å². The van der Waals surface area contributed by atoms with Crippen molar-refractivity contribution < 1.29 is 15.0 Å². The SMILES string of the molecule is O=C(O)NCc1ccccc1CCO. The fraction of sp³-hybridized carbons (Fsp3) is 0.300. The molecule has 1 aromatic rings. The van der Waals surface area contributed by atoms with Crippen LogP contribution in [0.1, 0.15) is 11.1 Å². The van der Waals surface area contributed by atoms with Crippen LogP contribution in [0.2, 0.25) is 0 Å². The zero-order valence-corrected chi connectivity index (χ0v) is 7.73. The number of nitrogens with one attached hydrogen (secondary N) is 1. The van der Waals surface area contributed by atoms with Crippen LogP contribution in [0.15, 0.2) is 24.3 Å². The molecule has 0 unspecified atom stereocenters. The Morgan fingerprint density at radius 3 is 2.50 bits per heavy atom. The zero-order valence-electron chi connectivity index (χ0n) is 7.73. The van der Waals surface area contributed by atoms with Crippen molar-refractivity contribution >= 4 is 6.09 Å². The lowest BCUT2D eigenvalue weighted by Gasteiger charge is -2.07. The fourth-order valence-corrected chi connectivity index (χ4v) is 1.27. The molecule has 3 N–H and O–H groups in total. The first kappa shape index (κ1) is 10.5. The minimum absolute atomic E-state index is 0.0735. The summed E-state index contributed by atoms with van der Waals surface area (Å²) in [6.45, 7) is 0.357. The van der Waals surface area contributed by atoms with Crippen molar-refractivity contribution in [3.05, 3.63) is 35.4 Å². The maximum absolute atomic E-state index is 10.3. The highest BCUT2D eigenvalue weighted by molar-refractivity contribution is 5.64. The number of aliphatic hydroxyl groups is 1. The summed E-state index contributed by atoms with van der Waals surface area (Å²) in [4.78, 5) is 10.3. The Morgan fingerprint density at radius 2 is 1.93 bits per heavy atom. The highest BCUT2D eigenvalue weighted by atomic mass is 16.4. The Labute approximate surface area is 82.2 Å². The van der Waals surface area contributed by atoms with Crippen LogP contribution in [0.5, 0.6) is 0 Å². The summed E-state index contributed by atoms with van der Waals surface area (Å²) in [6.07, 6.45) is -0.485. The van der Waals surface area contributed by atoms with Crippen LogP contribution in [0.25, 0.3) is 0 Å². The molecule has 0 aliphatic rings.